The van der Waals surface area contributed by atoms with Gasteiger partial charge in [0.25, 0.3) is 0 Å². The number of hydrogen-bond donors (Lipinski definition) is 2. The molecule has 1 aromatic rings. The predicted molar refractivity (Wildman–Crippen MR) is 158 cm³/mol. The lowest BCUT2D eigenvalue weighted by Crippen LogP contribution is -2.51. The highest BCUT2D eigenvalue weighted by Gasteiger charge is 2.55. The third-order valence-corrected chi connectivity index (χ3v) is 8.46. The highest BCUT2D eigenvalue weighted by Crippen LogP contribution is 2.40. The third kappa shape index (κ3) is 8.62. The maximum atomic E-state index is 13.9. The van der Waals surface area contributed by atoms with E-state index in [1.807, 2.05) is 27.7 Å². The van der Waals surface area contributed by atoms with E-state index in [9.17, 15) is 38.2 Å². The molecule has 2 aliphatic heterocycles. The molecule has 3 atom stereocenters. The number of nitrogens with zero attached hydrogens (tertiary/aromatic N) is 4. The minimum Gasteiger partial charge on any atom is -0.481 e. The van der Waals surface area contributed by atoms with Crippen molar-refractivity contribution in [3.05, 3.63) is 45.8 Å². The number of alkyl carbamates (subject to hydrolysis) is 1. The number of alkyl halides is 3. The molecule has 0 saturated carbocycles. The van der Waals surface area contributed by atoms with Crippen molar-refractivity contribution < 1.29 is 46.7 Å². The van der Waals surface area contributed by atoms with Gasteiger partial charge in [-0.3, -0.25) is 9.59 Å². The van der Waals surface area contributed by atoms with Crippen LogP contribution < -0.4 is 5.32 Å². The predicted octanol–water partition coefficient (Wildman–Crippen LogP) is 5.61. The van der Waals surface area contributed by atoms with Gasteiger partial charge in [0.05, 0.1) is 16.8 Å². The van der Waals surface area contributed by atoms with E-state index in [1.165, 1.54) is 17.0 Å². The Kier molecular flexibility index (Phi) is 10.5. The van der Waals surface area contributed by atoms with E-state index in [0.717, 1.165) is 12.1 Å². The zero-order valence-electron chi connectivity index (χ0n) is 26.6. The molecule has 2 amide bonds. The topological polar surface area (TPSA) is 163 Å². The van der Waals surface area contributed by atoms with Crippen molar-refractivity contribution in [3.63, 3.8) is 0 Å². The minimum atomic E-state index is -4.56. The molecular formula is C29H41BF3N5O7. The molecule has 16 heteroatoms. The zero-order chi connectivity index (χ0) is 34.0. The molecule has 2 fully saturated rings. The number of likely N-dealkylation sites (tertiary alicyclic amines) is 1. The molecule has 2 heterocycles. The minimum absolute atomic E-state index is 0.104. The summed E-state index contributed by atoms with van der Waals surface area (Å²) in [6, 6.07) is 2.81. The number of aliphatic carboxylic acids is 1. The van der Waals surface area contributed by atoms with Crippen molar-refractivity contribution in [1.82, 2.24) is 10.2 Å². The maximum absolute atomic E-state index is 13.9. The first-order valence-electron chi connectivity index (χ1n) is 14.7. The second-order valence-corrected chi connectivity index (χ2v) is 13.5. The molecule has 1 unspecified atom stereocenters. The van der Waals surface area contributed by atoms with Crippen LogP contribution in [0.3, 0.4) is 0 Å². The fourth-order valence-electron chi connectivity index (χ4n) is 5.43. The van der Waals surface area contributed by atoms with Crippen molar-refractivity contribution in [3.8, 4) is 0 Å². The van der Waals surface area contributed by atoms with E-state index < -0.39 is 77.7 Å². The van der Waals surface area contributed by atoms with E-state index in [-0.39, 0.29) is 19.4 Å². The van der Waals surface area contributed by atoms with Gasteiger partial charge >= 0.3 is 25.4 Å². The van der Waals surface area contributed by atoms with Crippen molar-refractivity contribution in [1.29, 1.82) is 0 Å². The second-order valence-electron chi connectivity index (χ2n) is 13.5. The second kappa shape index (κ2) is 13.1. The number of hydrogen-bond acceptors (Lipinski definition) is 7. The Morgan fingerprint density at radius 3 is 2.22 bits per heavy atom. The molecule has 1 aromatic carbocycles. The highest BCUT2D eigenvalue weighted by atomic mass is 19.4. The molecule has 12 nitrogen and oxygen atoms in total. The molecule has 45 heavy (non-hydrogen) atoms. The van der Waals surface area contributed by atoms with Crippen LogP contribution in [0.4, 0.5) is 18.0 Å². The Bertz CT molecular complexity index is 1290. The summed E-state index contributed by atoms with van der Waals surface area (Å²) >= 11 is 0. The zero-order valence-corrected chi connectivity index (χ0v) is 26.6. The highest BCUT2D eigenvalue weighted by molar-refractivity contribution is 6.45. The summed E-state index contributed by atoms with van der Waals surface area (Å²) in [7, 11) is -0.529. The molecule has 2 saturated heterocycles. The number of benzene rings is 1. The summed E-state index contributed by atoms with van der Waals surface area (Å²) in [5.74, 6) is -2.89. The van der Waals surface area contributed by atoms with E-state index in [4.69, 9.17) is 14.0 Å². The van der Waals surface area contributed by atoms with E-state index >= 15 is 0 Å². The van der Waals surface area contributed by atoms with Gasteiger partial charge in [-0.25, -0.2) is 4.79 Å². The van der Waals surface area contributed by atoms with Gasteiger partial charge in [-0.05, 0) is 84.4 Å². The largest absolute Gasteiger partial charge is 0.481 e. The van der Waals surface area contributed by atoms with Gasteiger partial charge in [-0.1, -0.05) is 23.7 Å². The molecule has 0 aliphatic carbocycles. The molecule has 2 aliphatic rings. The van der Waals surface area contributed by atoms with Crippen LogP contribution in [0, 0.1) is 5.92 Å². The van der Waals surface area contributed by atoms with Gasteiger partial charge in [0.1, 0.15) is 11.6 Å². The Labute approximate surface area is 260 Å². The van der Waals surface area contributed by atoms with Crippen molar-refractivity contribution in [2.45, 2.75) is 109 Å². The van der Waals surface area contributed by atoms with Gasteiger partial charge in [0, 0.05) is 30.3 Å². The van der Waals surface area contributed by atoms with E-state index in [0.29, 0.717) is 18.3 Å². The number of azide groups is 1. The summed E-state index contributed by atoms with van der Waals surface area (Å²) in [5.41, 5.74) is 4.75. The summed E-state index contributed by atoms with van der Waals surface area (Å²) < 4.78 is 56.6. The monoisotopic (exact) mass is 639 g/mol. The SMILES string of the molecule is CC(C)(C)OC(=O)NC(Cc1ccc(C(F)(F)F)cc1)C(=O)N1C[C@H](CCCB2OC(C)(C)C(C)(C)O2)[C@](N=[N+]=[N-])(C(=O)O)C1. The van der Waals surface area contributed by atoms with Crippen LogP contribution in [-0.2, 0) is 36.2 Å². The van der Waals surface area contributed by atoms with Crippen molar-refractivity contribution in [2.75, 3.05) is 13.1 Å². The molecule has 0 radical (unpaired) electrons. The van der Waals surface area contributed by atoms with E-state index in [1.54, 1.807) is 20.8 Å². The van der Waals surface area contributed by atoms with Crippen LogP contribution in [0.5, 0.6) is 0 Å². The Hall–Kier alpha value is -3.49. The standard InChI is InChI=1S/C29H41BF3N5O7/c1-25(2,3)43-24(42)35-21(15-18-10-12-19(13-11-18)29(31,32)33)22(39)38-16-20(28(17-38,23(40)41)36-37-34)9-8-14-30-44-26(4,5)27(6,7)45-30/h10-13,20-21H,8-9,14-17H2,1-7H3,(H,35,42)(H,40,41)/t20-,21?,28-/m0/s1. The summed E-state index contributed by atoms with van der Waals surface area (Å²) in [6.45, 7) is 11.9. The average Bonchev–Trinajstić information content (AvgIpc) is 3.35. The van der Waals surface area contributed by atoms with E-state index in [2.05, 4.69) is 15.3 Å². The van der Waals surface area contributed by atoms with Gasteiger partial charge in [0.15, 0.2) is 5.54 Å². The number of rotatable bonds is 10. The average molecular weight is 639 g/mol. The summed E-state index contributed by atoms with van der Waals surface area (Å²) in [5, 5.41) is 16.4. The van der Waals surface area contributed by atoms with Gasteiger partial charge < -0.3 is 29.4 Å². The molecule has 248 valence electrons. The lowest BCUT2D eigenvalue weighted by atomic mass is 9.78. The maximum Gasteiger partial charge on any atom is 0.457 e. The fourth-order valence-corrected chi connectivity index (χ4v) is 5.43. The first kappa shape index (κ1) is 36.0. The smallest absolute Gasteiger partial charge is 0.457 e. The summed E-state index contributed by atoms with van der Waals surface area (Å²) in [4.78, 5) is 43.1. The Morgan fingerprint density at radius 2 is 1.73 bits per heavy atom. The quantitative estimate of drug-likeness (QED) is 0.146. The summed E-state index contributed by atoms with van der Waals surface area (Å²) in [6.07, 6.45) is -4.59. The number of halogens is 3. The molecule has 0 bridgehead atoms. The van der Waals surface area contributed by atoms with Crippen LogP contribution in [0.1, 0.15) is 72.4 Å². The lowest BCUT2D eigenvalue weighted by molar-refractivity contribution is -0.144. The van der Waals surface area contributed by atoms with Gasteiger partial charge in [0.2, 0.25) is 5.91 Å². The number of carbonyl (C=O) groups is 3. The van der Waals surface area contributed by atoms with Crippen LogP contribution in [-0.4, -0.2) is 76.6 Å². The number of nitrogens with one attached hydrogen (secondary N) is 1. The molecular weight excluding hydrogens is 598 g/mol. The normalized spacial score (nSPS) is 23.3. The first-order chi connectivity index (χ1) is 20.6. The Morgan fingerprint density at radius 1 is 1.16 bits per heavy atom. The molecule has 0 spiro atoms. The van der Waals surface area contributed by atoms with Crippen molar-refractivity contribution >= 4 is 25.1 Å². The number of ether oxygens (including phenoxy) is 1. The van der Waals surface area contributed by atoms with Crippen LogP contribution in [0.15, 0.2) is 29.4 Å². The van der Waals surface area contributed by atoms with Crippen LogP contribution in [0.25, 0.3) is 10.4 Å². The fraction of sp³-hybridized carbons (Fsp3) is 0.690. The first-order valence-corrected chi connectivity index (χ1v) is 14.7. The van der Waals surface area contributed by atoms with Gasteiger partial charge in [-0.15, -0.1) is 0 Å². The molecule has 2 N–H and O–H groups in total. The van der Waals surface area contributed by atoms with Crippen molar-refractivity contribution in [2.24, 2.45) is 11.0 Å². The van der Waals surface area contributed by atoms with Crippen LogP contribution in [0.2, 0.25) is 6.32 Å². The number of carbonyl (C=O) groups excluding carboxylic acids is 2. The molecule has 0 aromatic heterocycles. The third-order valence-electron chi connectivity index (χ3n) is 8.46. The Balaban J connectivity index is 1.83. The number of carboxylic acids is 1. The lowest BCUT2D eigenvalue weighted by Gasteiger charge is -2.32. The number of carboxylic acid groups (broad SMARTS) is 1. The molecule has 3 rings (SSSR count). The number of amides is 2. The van der Waals surface area contributed by atoms with Crippen LogP contribution >= 0.6 is 0 Å². The van der Waals surface area contributed by atoms with Gasteiger partial charge in [-0.2, -0.15) is 13.2 Å².